The van der Waals surface area contributed by atoms with Crippen LogP contribution in [0.25, 0.3) is 0 Å². The molecule has 1 aliphatic rings. The number of rotatable bonds is 13. The molecule has 1 heterocycles. The van der Waals surface area contributed by atoms with E-state index in [1.165, 1.54) is 20.4 Å². The summed E-state index contributed by atoms with van der Waals surface area (Å²) in [5.74, 6) is 1.02. The molecule has 0 fully saturated rings. The SMILES string of the molecule is CCOc1cc([C@@H]2NC(=O)NC(C)=C2C(=O)OC)ccc1OC[C@H](O)N/N=C\c1cc(I)c(OCC#N)c(OC)c1. The van der Waals surface area contributed by atoms with Crippen LogP contribution in [0.1, 0.15) is 31.0 Å². The smallest absolute Gasteiger partial charge is 0.337 e. The van der Waals surface area contributed by atoms with Crippen LogP contribution in [0.5, 0.6) is 23.0 Å². The Kier molecular flexibility index (Phi) is 11.4. The number of ether oxygens (including phenoxy) is 5. The van der Waals surface area contributed by atoms with Crippen LogP contribution >= 0.6 is 22.6 Å². The lowest BCUT2D eigenvalue weighted by Gasteiger charge is -2.28. The van der Waals surface area contributed by atoms with Crippen molar-refractivity contribution in [3.05, 3.63) is 56.3 Å². The fourth-order valence-electron chi connectivity index (χ4n) is 3.88. The summed E-state index contributed by atoms with van der Waals surface area (Å²) in [7, 11) is 2.76. The predicted octanol–water partition coefficient (Wildman–Crippen LogP) is 2.72. The number of benzene rings is 2. The third kappa shape index (κ3) is 8.14. The van der Waals surface area contributed by atoms with Gasteiger partial charge < -0.3 is 39.4 Å². The van der Waals surface area contributed by atoms with Gasteiger partial charge in [-0.05, 0) is 71.8 Å². The number of allylic oxidation sites excluding steroid dienone is 1. The zero-order valence-electron chi connectivity index (χ0n) is 22.8. The van der Waals surface area contributed by atoms with E-state index in [0.29, 0.717) is 46.4 Å². The molecule has 41 heavy (non-hydrogen) atoms. The fraction of sp³-hybridized carbons (Fsp3) is 0.333. The van der Waals surface area contributed by atoms with Gasteiger partial charge in [-0.15, -0.1) is 0 Å². The number of halogens is 1. The third-order valence-corrected chi connectivity index (χ3v) is 6.44. The first-order valence-electron chi connectivity index (χ1n) is 12.3. The molecule has 0 aliphatic carbocycles. The quantitative estimate of drug-likeness (QED) is 0.0811. The molecule has 13 nitrogen and oxygen atoms in total. The minimum atomic E-state index is -1.17. The van der Waals surface area contributed by atoms with E-state index in [1.54, 1.807) is 44.2 Å². The normalized spacial score (nSPS) is 15.3. The molecule has 0 unspecified atom stereocenters. The number of aliphatic hydroxyl groups excluding tert-OH is 1. The number of urea groups is 1. The van der Waals surface area contributed by atoms with Gasteiger partial charge in [-0.3, -0.25) is 5.43 Å². The Morgan fingerprint density at radius 1 is 1.22 bits per heavy atom. The second kappa shape index (κ2) is 15.0. The minimum absolute atomic E-state index is 0.110. The monoisotopic (exact) mass is 679 g/mol. The molecule has 0 radical (unpaired) electrons. The topological polar surface area (TPSA) is 173 Å². The molecule has 2 amide bonds. The van der Waals surface area contributed by atoms with E-state index in [-0.39, 0.29) is 18.8 Å². The van der Waals surface area contributed by atoms with Crippen molar-refractivity contribution in [3.63, 3.8) is 0 Å². The Labute approximate surface area is 250 Å². The summed E-state index contributed by atoms with van der Waals surface area (Å²) in [5.41, 5.74) is 4.48. The first-order chi connectivity index (χ1) is 19.7. The summed E-state index contributed by atoms with van der Waals surface area (Å²) in [4.78, 5) is 24.5. The highest BCUT2D eigenvalue weighted by molar-refractivity contribution is 14.1. The summed E-state index contributed by atoms with van der Waals surface area (Å²) < 4.78 is 27.9. The zero-order valence-corrected chi connectivity index (χ0v) is 25.0. The lowest BCUT2D eigenvalue weighted by atomic mass is 9.95. The third-order valence-electron chi connectivity index (χ3n) is 5.64. The van der Waals surface area contributed by atoms with Gasteiger partial charge in [0, 0.05) is 5.70 Å². The van der Waals surface area contributed by atoms with Gasteiger partial charge >= 0.3 is 12.0 Å². The summed E-state index contributed by atoms with van der Waals surface area (Å²) in [6.45, 7) is 3.46. The molecule has 0 bridgehead atoms. The predicted molar refractivity (Wildman–Crippen MR) is 156 cm³/mol. The Morgan fingerprint density at radius 3 is 2.68 bits per heavy atom. The first kappa shape index (κ1) is 31.3. The maximum Gasteiger partial charge on any atom is 0.337 e. The number of hydrogen-bond acceptors (Lipinski definition) is 11. The summed E-state index contributed by atoms with van der Waals surface area (Å²) in [5, 5.41) is 28.5. The van der Waals surface area contributed by atoms with Crippen LogP contribution in [0.2, 0.25) is 0 Å². The van der Waals surface area contributed by atoms with Crippen molar-refractivity contribution in [3.8, 4) is 29.1 Å². The fourth-order valence-corrected chi connectivity index (χ4v) is 4.66. The van der Waals surface area contributed by atoms with Crippen LogP contribution in [-0.4, -0.2) is 63.6 Å². The van der Waals surface area contributed by atoms with Gasteiger partial charge in [0.25, 0.3) is 0 Å². The summed E-state index contributed by atoms with van der Waals surface area (Å²) in [6, 6.07) is 9.13. The number of esters is 1. The summed E-state index contributed by atoms with van der Waals surface area (Å²) in [6.07, 6.45) is 0.323. The van der Waals surface area contributed by atoms with Crippen molar-refractivity contribution in [2.75, 3.05) is 34.0 Å². The van der Waals surface area contributed by atoms with Crippen LogP contribution in [0.15, 0.2) is 46.7 Å². The van der Waals surface area contributed by atoms with Gasteiger partial charge in [-0.1, -0.05) is 6.07 Å². The molecular weight excluding hydrogens is 649 g/mol. The molecule has 218 valence electrons. The van der Waals surface area contributed by atoms with E-state index in [4.69, 9.17) is 28.9 Å². The molecule has 2 atom stereocenters. The van der Waals surface area contributed by atoms with Gasteiger partial charge in [0.05, 0.1) is 42.2 Å². The second-order valence-electron chi connectivity index (χ2n) is 8.40. The number of hydrazone groups is 1. The van der Waals surface area contributed by atoms with Crippen LogP contribution in [0, 0.1) is 14.9 Å². The van der Waals surface area contributed by atoms with Gasteiger partial charge in [-0.25, -0.2) is 9.59 Å². The molecule has 4 N–H and O–H groups in total. The van der Waals surface area contributed by atoms with Crippen LogP contribution in [0.4, 0.5) is 4.79 Å². The first-order valence-corrected chi connectivity index (χ1v) is 13.4. The van der Waals surface area contributed by atoms with Gasteiger partial charge in [-0.2, -0.15) is 10.4 Å². The van der Waals surface area contributed by atoms with E-state index in [0.717, 1.165) is 3.57 Å². The Morgan fingerprint density at radius 2 is 2.00 bits per heavy atom. The minimum Gasteiger partial charge on any atom is -0.493 e. The van der Waals surface area contributed by atoms with Crippen molar-refractivity contribution < 1.29 is 38.4 Å². The number of nitrogens with zero attached hydrogens (tertiary/aromatic N) is 2. The van der Waals surface area contributed by atoms with Crippen molar-refractivity contribution >= 4 is 40.8 Å². The highest BCUT2D eigenvalue weighted by Gasteiger charge is 2.32. The number of aliphatic hydroxyl groups is 1. The van der Waals surface area contributed by atoms with E-state index in [1.807, 2.05) is 6.07 Å². The lowest BCUT2D eigenvalue weighted by molar-refractivity contribution is -0.136. The van der Waals surface area contributed by atoms with E-state index in [9.17, 15) is 14.7 Å². The largest absolute Gasteiger partial charge is 0.493 e. The summed E-state index contributed by atoms with van der Waals surface area (Å²) >= 11 is 2.07. The number of methoxy groups -OCH3 is 2. The van der Waals surface area contributed by atoms with Crippen molar-refractivity contribution in [1.29, 1.82) is 5.26 Å². The molecule has 2 aromatic carbocycles. The van der Waals surface area contributed by atoms with Crippen molar-refractivity contribution in [1.82, 2.24) is 16.1 Å². The second-order valence-corrected chi connectivity index (χ2v) is 9.56. The standard InChI is InChI=1S/C27H30IN5O8/c1-5-39-20-12-17(24-23(26(35)38-4)15(2)31-27(36)32-24)6-7-19(20)41-14-22(34)33-30-13-16-10-18(28)25(40-9-8-29)21(11-16)37-3/h6-7,10-13,22,24,33-34H,5,9,14H2,1-4H3,(H2,31,32,36)/b30-13-/t22-,24-/m0/s1. The van der Waals surface area contributed by atoms with Gasteiger partial charge in [0.2, 0.25) is 0 Å². The number of amides is 2. The van der Waals surface area contributed by atoms with Crippen molar-refractivity contribution in [2.24, 2.45) is 5.10 Å². The molecule has 1 aliphatic heterocycles. The molecule has 14 heteroatoms. The molecule has 0 saturated heterocycles. The molecule has 0 saturated carbocycles. The number of nitriles is 1. The zero-order chi connectivity index (χ0) is 29.9. The maximum atomic E-state index is 12.4. The van der Waals surface area contributed by atoms with E-state index >= 15 is 0 Å². The average Bonchev–Trinajstić information content (AvgIpc) is 2.95. The Balaban J connectivity index is 1.69. The van der Waals surface area contributed by atoms with E-state index in [2.05, 4.69) is 43.8 Å². The van der Waals surface area contributed by atoms with Crippen LogP contribution in [-0.2, 0) is 9.53 Å². The van der Waals surface area contributed by atoms with E-state index < -0.39 is 24.3 Å². The number of carbonyl (C=O) groups excluding carboxylic acids is 2. The molecule has 0 spiro atoms. The molecule has 3 rings (SSSR count). The lowest BCUT2D eigenvalue weighted by Crippen LogP contribution is -2.45. The highest BCUT2D eigenvalue weighted by atomic mass is 127. The highest BCUT2D eigenvalue weighted by Crippen LogP contribution is 2.35. The number of carbonyl (C=O) groups is 2. The maximum absolute atomic E-state index is 12.4. The van der Waals surface area contributed by atoms with Crippen LogP contribution in [0.3, 0.4) is 0 Å². The van der Waals surface area contributed by atoms with Crippen LogP contribution < -0.4 is 35.0 Å². The van der Waals surface area contributed by atoms with Gasteiger partial charge in [0.15, 0.2) is 35.8 Å². The average molecular weight is 679 g/mol. The Bertz CT molecular complexity index is 1370. The van der Waals surface area contributed by atoms with Crippen molar-refractivity contribution in [2.45, 2.75) is 26.1 Å². The Hall–Kier alpha value is -4.23. The molecule has 2 aromatic rings. The number of hydrogen-bond donors (Lipinski definition) is 4. The number of nitrogens with one attached hydrogen (secondary N) is 3. The van der Waals surface area contributed by atoms with Gasteiger partial charge in [0.1, 0.15) is 12.7 Å². The molecular formula is C27H30IN5O8. The molecule has 0 aromatic heterocycles.